The van der Waals surface area contributed by atoms with Crippen molar-refractivity contribution in [3.05, 3.63) is 21.8 Å². The highest BCUT2D eigenvalue weighted by Gasteiger charge is 1.98. The molecule has 1 rings (SSSR count). The van der Waals surface area contributed by atoms with E-state index in [0.717, 1.165) is 15.0 Å². The van der Waals surface area contributed by atoms with E-state index < -0.39 is 0 Å². The second-order valence-electron chi connectivity index (χ2n) is 2.12. The van der Waals surface area contributed by atoms with Gasteiger partial charge in [0.05, 0.1) is 10.2 Å². The largest absolute Gasteiger partial charge is 0.493 e. The minimum absolute atomic E-state index is 0.680. The Hall–Kier alpha value is -0.450. The van der Waals surface area contributed by atoms with Crippen LogP contribution in [0.2, 0.25) is 0 Å². The Balaban J connectivity index is 2.93. The Morgan fingerprint density at radius 2 is 2.27 bits per heavy atom. The lowest BCUT2D eigenvalue weighted by Gasteiger charge is -2.05. The first-order valence-corrected chi connectivity index (χ1v) is 4.49. The number of ether oxygens (including phenoxy) is 1. The molecule has 0 fully saturated rings. The number of rotatable bonds is 2. The SMILES string of the molecule is CCOc1cc(N)ccc1I. The van der Waals surface area contributed by atoms with Crippen LogP contribution in [0.1, 0.15) is 6.92 Å². The Morgan fingerprint density at radius 1 is 1.55 bits per heavy atom. The van der Waals surface area contributed by atoms with E-state index in [2.05, 4.69) is 22.6 Å². The fraction of sp³-hybridized carbons (Fsp3) is 0.250. The molecule has 0 saturated carbocycles. The van der Waals surface area contributed by atoms with Gasteiger partial charge in [0.15, 0.2) is 0 Å². The molecular formula is C8H10INO. The quantitative estimate of drug-likeness (QED) is 0.656. The third-order valence-corrected chi connectivity index (χ3v) is 2.15. The first kappa shape index (κ1) is 8.64. The van der Waals surface area contributed by atoms with Crippen molar-refractivity contribution >= 4 is 28.3 Å². The van der Waals surface area contributed by atoms with E-state index in [1.807, 2.05) is 25.1 Å². The zero-order valence-electron chi connectivity index (χ0n) is 6.30. The summed E-state index contributed by atoms with van der Waals surface area (Å²) in [6.07, 6.45) is 0. The molecule has 60 valence electrons. The van der Waals surface area contributed by atoms with Crippen LogP contribution in [0.4, 0.5) is 5.69 Å². The van der Waals surface area contributed by atoms with E-state index in [1.54, 1.807) is 0 Å². The minimum atomic E-state index is 0.680. The van der Waals surface area contributed by atoms with Crippen molar-refractivity contribution in [3.8, 4) is 5.75 Å². The summed E-state index contributed by atoms with van der Waals surface area (Å²) in [5.41, 5.74) is 6.32. The normalized spacial score (nSPS) is 9.64. The fourth-order valence-electron chi connectivity index (χ4n) is 0.786. The van der Waals surface area contributed by atoms with Gasteiger partial charge in [-0.3, -0.25) is 0 Å². The van der Waals surface area contributed by atoms with E-state index in [1.165, 1.54) is 0 Å². The predicted octanol–water partition coefficient (Wildman–Crippen LogP) is 2.27. The molecule has 2 nitrogen and oxygen atoms in total. The maximum absolute atomic E-state index is 5.57. The summed E-state index contributed by atoms with van der Waals surface area (Å²) in [6, 6.07) is 5.65. The Morgan fingerprint density at radius 3 is 2.91 bits per heavy atom. The average Bonchev–Trinajstić information content (AvgIpc) is 1.98. The van der Waals surface area contributed by atoms with Gasteiger partial charge in [0, 0.05) is 11.8 Å². The van der Waals surface area contributed by atoms with E-state index >= 15 is 0 Å². The summed E-state index contributed by atoms with van der Waals surface area (Å²) in [5.74, 6) is 0.869. The molecule has 0 spiro atoms. The summed E-state index contributed by atoms with van der Waals surface area (Å²) >= 11 is 2.22. The van der Waals surface area contributed by atoms with Crippen LogP contribution in [-0.2, 0) is 0 Å². The third kappa shape index (κ3) is 2.25. The van der Waals surface area contributed by atoms with E-state index in [-0.39, 0.29) is 0 Å². The molecule has 0 aliphatic carbocycles. The molecule has 0 aromatic heterocycles. The average molecular weight is 263 g/mol. The lowest BCUT2D eigenvalue weighted by molar-refractivity contribution is 0.338. The molecule has 0 atom stereocenters. The van der Waals surface area contributed by atoms with Crippen LogP contribution < -0.4 is 10.5 Å². The van der Waals surface area contributed by atoms with Gasteiger partial charge in [0.2, 0.25) is 0 Å². The maximum atomic E-state index is 5.57. The molecule has 0 aliphatic rings. The minimum Gasteiger partial charge on any atom is -0.493 e. The molecule has 3 heteroatoms. The molecule has 2 N–H and O–H groups in total. The van der Waals surface area contributed by atoms with E-state index in [9.17, 15) is 0 Å². The van der Waals surface area contributed by atoms with E-state index in [0.29, 0.717) is 6.61 Å². The maximum Gasteiger partial charge on any atom is 0.134 e. The lowest BCUT2D eigenvalue weighted by Crippen LogP contribution is -1.95. The van der Waals surface area contributed by atoms with Crippen LogP contribution in [-0.4, -0.2) is 6.61 Å². The summed E-state index contributed by atoms with van der Waals surface area (Å²) < 4.78 is 6.43. The van der Waals surface area contributed by atoms with Gasteiger partial charge in [-0.2, -0.15) is 0 Å². The van der Waals surface area contributed by atoms with Gasteiger partial charge in [-0.15, -0.1) is 0 Å². The summed E-state index contributed by atoms with van der Waals surface area (Å²) in [7, 11) is 0. The second kappa shape index (κ2) is 3.80. The van der Waals surface area contributed by atoms with Crippen LogP contribution in [0.15, 0.2) is 18.2 Å². The monoisotopic (exact) mass is 263 g/mol. The Labute approximate surface area is 79.9 Å². The number of hydrogen-bond acceptors (Lipinski definition) is 2. The van der Waals surface area contributed by atoms with Crippen molar-refractivity contribution in [2.24, 2.45) is 0 Å². The third-order valence-electron chi connectivity index (χ3n) is 1.26. The molecule has 0 aliphatic heterocycles. The summed E-state index contributed by atoms with van der Waals surface area (Å²) in [6.45, 7) is 2.64. The van der Waals surface area contributed by atoms with Crippen molar-refractivity contribution in [2.75, 3.05) is 12.3 Å². The van der Waals surface area contributed by atoms with Crippen LogP contribution in [0.3, 0.4) is 0 Å². The predicted molar refractivity (Wildman–Crippen MR) is 54.7 cm³/mol. The van der Waals surface area contributed by atoms with Crippen molar-refractivity contribution in [3.63, 3.8) is 0 Å². The standard InChI is InChI=1S/C8H10INO/c1-2-11-8-5-6(10)3-4-7(8)9/h3-5H,2,10H2,1H3. The molecule has 0 radical (unpaired) electrons. The first-order chi connectivity index (χ1) is 5.24. The van der Waals surface area contributed by atoms with Gasteiger partial charge >= 0.3 is 0 Å². The zero-order valence-corrected chi connectivity index (χ0v) is 8.46. The van der Waals surface area contributed by atoms with Crippen molar-refractivity contribution in [1.82, 2.24) is 0 Å². The van der Waals surface area contributed by atoms with Gasteiger partial charge in [0.1, 0.15) is 5.75 Å². The number of benzene rings is 1. The van der Waals surface area contributed by atoms with E-state index in [4.69, 9.17) is 10.5 Å². The highest BCUT2D eigenvalue weighted by molar-refractivity contribution is 14.1. The van der Waals surface area contributed by atoms with Crippen molar-refractivity contribution in [1.29, 1.82) is 0 Å². The molecule has 0 saturated heterocycles. The first-order valence-electron chi connectivity index (χ1n) is 3.42. The molecule has 0 bridgehead atoms. The molecule has 1 aromatic carbocycles. The number of hydrogen-bond donors (Lipinski definition) is 1. The topological polar surface area (TPSA) is 35.2 Å². The van der Waals surface area contributed by atoms with Gasteiger partial charge in [0.25, 0.3) is 0 Å². The lowest BCUT2D eigenvalue weighted by atomic mass is 10.3. The van der Waals surface area contributed by atoms with Crippen molar-refractivity contribution < 1.29 is 4.74 Å². The second-order valence-corrected chi connectivity index (χ2v) is 3.29. The number of halogens is 1. The molecule has 11 heavy (non-hydrogen) atoms. The van der Waals surface area contributed by atoms with Crippen LogP contribution >= 0.6 is 22.6 Å². The van der Waals surface area contributed by atoms with Gasteiger partial charge in [-0.05, 0) is 41.6 Å². The van der Waals surface area contributed by atoms with Gasteiger partial charge in [-0.25, -0.2) is 0 Å². The fourth-order valence-corrected chi connectivity index (χ4v) is 1.28. The number of nitrogens with two attached hydrogens (primary N) is 1. The van der Waals surface area contributed by atoms with Gasteiger partial charge < -0.3 is 10.5 Å². The highest BCUT2D eigenvalue weighted by atomic mass is 127. The summed E-state index contributed by atoms with van der Waals surface area (Å²) in [5, 5.41) is 0. The summed E-state index contributed by atoms with van der Waals surface area (Å²) in [4.78, 5) is 0. The molecule has 0 heterocycles. The molecule has 0 amide bonds. The van der Waals surface area contributed by atoms with Crippen LogP contribution in [0.25, 0.3) is 0 Å². The molecule has 1 aromatic rings. The molecular weight excluding hydrogens is 253 g/mol. The van der Waals surface area contributed by atoms with Crippen LogP contribution in [0.5, 0.6) is 5.75 Å². The molecule has 0 unspecified atom stereocenters. The Bertz CT molecular complexity index is 250. The van der Waals surface area contributed by atoms with Crippen LogP contribution in [0, 0.1) is 3.57 Å². The highest BCUT2D eigenvalue weighted by Crippen LogP contribution is 2.22. The Kier molecular flexibility index (Phi) is 2.99. The smallest absolute Gasteiger partial charge is 0.134 e. The van der Waals surface area contributed by atoms with Gasteiger partial charge in [-0.1, -0.05) is 0 Å². The van der Waals surface area contributed by atoms with Crippen molar-refractivity contribution in [2.45, 2.75) is 6.92 Å². The zero-order chi connectivity index (χ0) is 8.27. The number of anilines is 1. The number of nitrogen functional groups attached to an aromatic ring is 1.